The van der Waals surface area contributed by atoms with Crippen molar-refractivity contribution in [3.05, 3.63) is 54.2 Å². The number of pyridine rings is 1. The van der Waals surface area contributed by atoms with Crippen LogP contribution in [0.2, 0.25) is 0 Å². The Balaban J connectivity index is 1.94. The average molecular weight is 220 g/mol. The Morgan fingerprint density at radius 2 is 1.82 bits per heavy atom. The van der Waals surface area contributed by atoms with Crippen LogP contribution in [-0.2, 0) is 5.41 Å². The Morgan fingerprint density at radius 3 is 2.35 bits per heavy atom. The molecule has 0 unspecified atom stereocenters. The number of hydrogen-bond acceptors (Lipinski definition) is 2. The van der Waals surface area contributed by atoms with E-state index < -0.39 is 0 Å². The molecule has 0 radical (unpaired) electrons. The third-order valence-corrected chi connectivity index (χ3v) is 3.35. The van der Waals surface area contributed by atoms with E-state index in [4.69, 9.17) is 5.26 Å². The summed E-state index contributed by atoms with van der Waals surface area (Å²) < 4.78 is 0. The van der Waals surface area contributed by atoms with Gasteiger partial charge in [0.1, 0.15) is 0 Å². The molecule has 0 aliphatic heterocycles. The average Bonchev–Trinajstić information content (AvgIpc) is 3.21. The summed E-state index contributed by atoms with van der Waals surface area (Å²) in [6, 6.07) is 16.5. The fourth-order valence-electron chi connectivity index (χ4n) is 2.05. The lowest BCUT2D eigenvalue weighted by Crippen LogP contribution is -2.02. The van der Waals surface area contributed by atoms with E-state index in [1.165, 1.54) is 0 Å². The highest BCUT2D eigenvalue weighted by Gasteiger charge is 2.45. The van der Waals surface area contributed by atoms with Crippen LogP contribution >= 0.6 is 0 Å². The van der Waals surface area contributed by atoms with E-state index in [1.54, 1.807) is 0 Å². The first-order valence-corrected chi connectivity index (χ1v) is 5.77. The number of nitriles is 1. The molecule has 1 fully saturated rings. The number of nitrogens with zero attached hydrogens (tertiary/aromatic N) is 2. The zero-order chi connectivity index (χ0) is 11.7. The van der Waals surface area contributed by atoms with Gasteiger partial charge in [-0.3, -0.25) is 4.98 Å². The quantitative estimate of drug-likeness (QED) is 0.778. The standard InChI is InChI=1S/C15H12N2/c16-11-15(8-9-15)13-6-7-14(17-10-13)12-4-2-1-3-5-12/h1-7,10H,8-9H2. The van der Waals surface area contributed by atoms with Crippen LogP contribution in [0.3, 0.4) is 0 Å². The zero-order valence-corrected chi connectivity index (χ0v) is 9.43. The van der Waals surface area contributed by atoms with Gasteiger partial charge in [-0.15, -0.1) is 0 Å². The minimum Gasteiger partial charge on any atom is -0.256 e. The second-order valence-corrected chi connectivity index (χ2v) is 4.49. The molecular weight excluding hydrogens is 208 g/mol. The van der Waals surface area contributed by atoms with Gasteiger partial charge in [0.2, 0.25) is 0 Å². The van der Waals surface area contributed by atoms with Crippen molar-refractivity contribution >= 4 is 0 Å². The molecule has 0 N–H and O–H groups in total. The summed E-state index contributed by atoms with van der Waals surface area (Å²) in [7, 11) is 0. The van der Waals surface area contributed by atoms with Gasteiger partial charge in [-0.1, -0.05) is 36.4 Å². The number of rotatable bonds is 2. The van der Waals surface area contributed by atoms with Gasteiger partial charge >= 0.3 is 0 Å². The first kappa shape index (κ1) is 10.0. The largest absolute Gasteiger partial charge is 0.256 e. The number of aromatic nitrogens is 1. The highest BCUT2D eigenvalue weighted by atomic mass is 14.7. The molecule has 17 heavy (non-hydrogen) atoms. The molecule has 0 amide bonds. The summed E-state index contributed by atoms with van der Waals surface area (Å²) in [5.74, 6) is 0. The predicted octanol–water partition coefficient (Wildman–Crippen LogP) is 3.30. The van der Waals surface area contributed by atoms with E-state index in [-0.39, 0.29) is 5.41 Å². The van der Waals surface area contributed by atoms with E-state index in [9.17, 15) is 0 Å². The van der Waals surface area contributed by atoms with Crippen molar-refractivity contribution in [3.63, 3.8) is 0 Å². The molecular formula is C15H12N2. The van der Waals surface area contributed by atoms with Crippen LogP contribution in [0.5, 0.6) is 0 Å². The maximum absolute atomic E-state index is 9.12. The van der Waals surface area contributed by atoms with Crippen molar-refractivity contribution < 1.29 is 0 Å². The molecule has 3 rings (SSSR count). The van der Waals surface area contributed by atoms with Gasteiger partial charge < -0.3 is 0 Å². The van der Waals surface area contributed by atoms with Crippen molar-refractivity contribution in [1.82, 2.24) is 4.98 Å². The number of benzene rings is 1. The third kappa shape index (κ3) is 1.70. The molecule has 0 spiro atoms. The van der Waals surface area contributed by atoms with E-state index in [0.717, 1.165) is 29.7 Å². The number of hydrogen-bond donors (Lipinski definition) is 0. The lowest BCUT2D eigenvalue weighted by atomic mass is 9.99. The van der Waals surface area contributed by atoms with Gasteiger partial charge in [-0.05, 0) is 24.5 Å². The Kier molecular flexibility index (Phi) is 2.19. The van der Waals surface area contributed by atoms with Crippen LogP contribution in [-0.4, -0.2) is 4.98 Å². The van der Waals surface area contributed by atoms with Crippen LogP contribution in [0.1, 0.15) is 18.4 Å². The summed E-state index contributed by atoms with van der Waals surface area (Å²) in [5.41, 5.74) is 2.89. The maximum atomic E-state index is 9.12. The summed E-state index contributed by atoms with van der Waals surface area (Å²) in [5, 5.41) is 9.12. The molecule has 0 bridgehead atoms. The lowest BCUT2D eigenvalue weighted by molar-refractivity contribution is 0.898. The molecule has 1 aliphatic rings. The van der Waals surface area contributed by atoms with Crippen LogP contribution in [0.15, 0.2) is 48.7 Å². The van der Waals surface area contributed by atoms with E-state index in [2.05, 4.69) is 11.1 Å². The smallest absolute Gasteiger partial charge is 0.0838 e. The summed E-state index contributed by atoms with van der Waals surface area (Å²) in [6.45, 7) is 0. The van der Waals surface area contributed by atoms with Gasteiger partial charge in [-0.2, -0.15) is 5.26 Å². The second-order valence-electron chi connectivity index (χ2n) is 4.49. The molecule has 1 aliphatic carbocycles. The normalized spacial score (nSPS) is 16.2. The Labute approximate surface area is 101 Å². The zero-order valence-electron chi connectivity index (χ0n) is 9.43. The Hall–Kier alpha value is -2.14. The molecule has 0 saturated heterocycles. The molecule has 0 atom stereocenters. The Bertz CT molecular complexity index is 560. The fraction of sp³-hybridized carbons (Fsp3) is 0.200. The molecule has 1 heterocycles. The molecule has 1 aromatic heterocycles. The minimum absolute atomic E-state index is 0.234. The van der Waals surface area contributed by atoms with Crippen molar-refractivity contribution in [1.29, 1.82) is 5.26 Å². The maximum Gasteiger partial charge on any atom is 0.0838 e. The Morgan fingerprint density at radius 1 is 1.06 bits per heavy atom. The van der Waals surface area contributed by atoms with Crippen molar-refractivity contribution in [2.24, 2.45) is 0 Å². The fourth-order valence-corrected chi connectivity index (χ4v) is 2.05. The van der Waals surface area contributed by atoms with Gasteiger partial charge in [0.15, 0.2) is 0 Å². The van der Waals surface area contributed by atoms with E-state index in [0.29, 0.717) is 0 Å². The predicted molar refractivity (Wildman–Crippen MR) is 66.2 cm³/mol. The summed E-state index contributed by atoms with van der Waals surface area (Å²) in [4.78, 5) is 4.45. The molecule has 82 valence electrons. The summed E-state index contributed by atoms with van der Waals surface area (Å²) >= 11 is 0. The molecule has 1 aromatic carbocycles. The molecule has 2 heteroatoms. The molecule has 2 nitrogen and oxygen atoms in total. The van der Waals surface area contributed by atoms with Gasteiger partial charge in [0, 0.05) is 11.8 Å². The topological polar surface area (TPSA) is 36.7 Å². The van der Waals surface area contributed by atoms with Gasteiger partial charge in [0.25, 0.3) is 0 Å². The lowest BCUT2D eigenvalue weighted by Gasteiger charge is -2.06. The van der Waals surface area contributed by atoms with Crippen molar-refractivity contribution in [3.8, 4) is 17.3 Å². The monoisotopic (exact) mass is 220 g/mol. The minimum atomic E-state index is -0.234. The van der Waals surface area contributed by atoms with Crippen LogP contribution in [0.4, 0.5) is 0 Å². The van der Waals surface area contributed by atoms with E-state index in [1.807, 2.05) is 48.7 Å². The van der Waals surface area contributed by atoms with Crippen molar-refractivity contribution in [2.75, 3.05) is 0 Å². The molecule has 1 saturated carbocycles. The SMILES string of the molecule is N#CC1(c2ccc(-c3ccccc3)nc2)CC1. The first-order valence-electron chi connectivity index (χ1n) is 5.77. The highest BCUT2D eigenvalue weighted by Crippen LogP contribution is 2.47. The second kappa shape index (κ2) is 3.71. The third-order valence-electron chi connectivity index (χ3n) is 3.35. The highest BCUT2D eigenvalue weighted by molar-refractivity contribution is 5.59. The van der Waals surface area contributed by atoms with Gasteiger partial charge in [0.05, 0.1) is 17.2 Å². The van der Waals surface area contributed by atoms with Crippen LogP contribution in [0.25, 0.3) is 11.3 Å². The molecule has 2 aromatic rings. The summed E-state index contributed by atoms with van der Waals surface area (Å²) in [6.07, 6.45) is 3.78. The van der Waals surface area contributed by atoms with Crippen LogP contribution in [0, 0.1) is 11.3 Å². The van der Waals surface area contributed by atoms with Crippen molar-refractivity contribution in [2.45, 2.75) is 18.3 Å². The van der Waals surface area contributed by atoms with Crippen LogP contribution < -0.4 is 0 Å². The first-order chi connectivity index (χ1) is 8.34. The van der Waals surface area contributed by atoms with Gasteiger partial charge in [-0.25, -0.2) is 0 Å². The van der Waals surface area contributed by atoms with E-state index >= 15 is 0 Å².